The van der Waals surface area contributed by atoms with Crippen LogP contribution < -0.4 is 15.0 Å². The first-order valence-electron chi connectivity index (χ1n) is 11.8. The molecule has 0 bridgehead atoms. The Hall–Kier alpha value is -3.31. The van der Waals surface area contributed by atoms with Crippen molar-refractivity contribution >= 4 is 17.4 Å². The number of benzene rings is 3. The molecule has 0 unspecified atom stereocenters. The number of hydrogen-bond donors (Lipinski definition) is 1. The predicted molar refractivity (Wildman–Crippen MR) is 134 cm³/mol. The molecule has 0 radical (unpaired) electrons. The van der Waals surface area contributed by atoms with Gasteiger partial charge in [0.15, 0.2) is 0 Å². The average molecular weight is 442 g/mol. The maximum absolute atomic E-state index is 13.4. The summed E-state index contributed by atoms with van der Waals surface area (Å²) in [5.74, 6) is 1.53. The lowest BCUT2D eigenvalue weighted by Gasteiger charge is -2.39. The van der Waals surface area contributed by atoms with Crippen LogP contribution in [0.3, 0.4) is 0 Å². The first-order valence-corrected chi connectivity index (χ1v) is 11.8. The van der Waals surface area contributed by atoms with E-state index in [0.29, 0.717) is 0 Å². The number of likely N-dealkylation sites (tertiary alicyclic amines) is 1. The normalized spacial score (nSPS) is 17.1. The van der Waals surface area contributed by atoms with Crippen LogP contribution in [0.25, 0.3) is 0 Å². The van der Waals surface area contributed by atoms with Gasteiger partial charge in [0.25, 0.3) is 0 Å². The van der Waals surface area contributed by atoms with Crippen molar-refractivity contribution in [1.82, 2.24) is 4.90 Å². The third-order valence-corrected chi connectivity index (χ3v) is 7.07. The van der Waals surface area contributed by atoms with E-state index in [1.165, 1.54) is 11.1 Å². The van der Waals surface area contributed by atoms with Gasteiger partial charge in [0.05, 0.1) is 0 Å². The number of anilines is 2. The molecule has 1 spiro atoms. The van der Waals surface area contributed by atoms with Crippen LogP contribution in [0.5, 0.6) is 11.5 Å². The lowest BCUT2D eigenvalue weighted by Crippen LogP contribution is -2.46. The van der Waals surface area contributed by atoms with Crippen molar-refractivity contribution in [2.45, 2.75) is 32.1 Å². The molecule has 170 valence electrons. The van der Waals surface area contributed by atoms with Crippen LogP contribution in [-0.2, 0) is 5.41 Å². The van der Waals surface area contributed by atoms with Gasteiger partial charge in [-0.15, -0.1) is 0 Å². The zero-order valence-electron chi connectivity index (χ0n) is 19.4. The topological polar surface area (TPSA) is 44.8 Å². The molecule has 0 atom stereocenters. The Bertz CT molecular complexity index is 1120. The minimum absolute atomic E-state index is 0.0533. The molecule has 5 nitrogen and oxygen atoms in total. The van der Waals surface area contributed by atoms with Gasteiger partial charge in [-0.1, -0.05) is 42.8 Å². The number of nitrogens with zero attached hydrogens (tertiary/aromatic N) is 2. The number of amides is 2. The van der Waals surface area contributed by atoms with E-state index in [4.69, 9.17) is 4.74 Å². The fourth-order valence-corrected chi connectivity index (χ4v) is 5.11. The first kappa shape index (κ1) is 21.5. The summed E-state index contributed by atoms with van der Waals surface area (Å²) in [6.07, 6.45) is 2.18. The highest BCUT2D eigenvalue weighted by molar-refractivity contribution is 6.03. The number of carbonyl (C=O) groups is 1. The highest BCUT2D eigenvalue weighted by Gasteiger charge is 2.46. The Labute approximate surface area is 196 Å². The first-order chi connectivity index (χ1) is 16.1. The summed E-state index contributed by atoms with van der Waals surface area (Å²) in [5, 5.41) is 3.09. The molecule has 5 rings (SSSR count). The van der Waals surface area contributed by atoms with E-state index in [1.807, 2.05) is 59.5 Å². The zero-order valence-corrected chi connectivity index (χ0v) is 19.4. The smallest absolute Gasteiger partial charge is 0.326 e. The summed E-state index contributed by atoms with van der Waals surface area (Å²) in [7, 11) is 0. The Balaban J connectivity index is 1.32. The van der Waals surface area contributed by atoms with E-state index in [2.05, 4.69) is 42.3 Å². The minimum Gasteiger partial charge on any atom is -0.457 e. The third-order valence-electron chi connectivity index (χ3n) is 7.07. The van der Waals surface area contributed by atoms with Gasteiger partial charge in [-0.05, 0) is 87.4 Å². The molecule has 5 heteroatoms. The Morgan fingerprint density at radius 3 is 2.36 bits per heavy atom. The monoisotopic (exact) mass is 441 g/mol. The van der Waals surface area contributed by atoms with E-state index in [-0.39, 0.29) is 11.4 Å². The van der Waals surface area contributed by atoms with Crippen molar-refractivity contribution in [2.24, 2.45) is 0 Å². The van der Waals surface area contributed by atoms with E-state index in [9.17, 15) is 4.79 Å². The Morgan fingerprint density at radius 2 is 1.67 bits per heavy atom. The summed E-state index contributed by atoms with van der Waals surface area (Å²) in [6.45, 7) is 8.36. The standard InChI is InChI=1S/C28H31N3O2/c1-3-30-17-15-28(16-18-30)20-31(26-14-9-21(2)19-25(26)28)27(32)29-22-10-12-24(13-11-22)33-23-7-5-4-6-8-23/h4-14,19H,3,15-18,20H2,1-2H3,(H,29,32). The largest absolute Gasteiger partial charge is 0.457 e. The summed E-state index contributed by atoms with van der Waals surface area (Å²) >= 11 is 0. The lowest BCUT2D eigenvalue weighted by molar-refractivity contribution is 0.173. The summed E-state index contributed by atoms with van der Waals surface area (Å²) in [4.78, 5) is 17.8. The molecule has 2 heterocycles. The highest BCUT2D eigenvalue weighted by Crippen LogP contribution is 2.47. The molecule has 0 aromatic heterocycles. The summed E-state index contributed by atoms with van der Waals surface area (Å²) in [6, 6.07) is 23.7. The van der Waals surface area contributed by atoms with E-state index in [0.717, 1.165) is 61.9 Å². The van der Waals surface area contributed by atoms with E-state index in [1.54, 1.807) is 0 Å². The van der Waals surface area contributed by atoms with Crippen LogP contribution in [-0.4, -0.2) is 37.1 Å². The van der Waals surface area contributed by atoms with Gasteiger partial charge < -0.3 is 15.0 Å². The average Bonchev–Trinajstić information content (AvgIpc) is 3.15. The number of urea groups is 1. The molecular weight excluding hydrogens is 410 g/mol. The van der Waals surface area contributed by atoms with Crippen molar-refractivity contribution in [3.05, 3.63) is 83.9 Å². The Morgan fingerprint density at radius 1 is 0.970 bits per heavy atom. The molecule has 2 aliphatic heterocycles. The third kappa shape index (κ3) is 4.33. The maximum atomic E-state index is 13.4. The number of ether oxygens (including phenoxy) is 1. The van der Waals surface area contributed by atoms with Gasteiger partial charge in [0.1, 0.15) is 11.5 Å². The van der Waals surface area contributed by atoms with Crippen LogP contribution in [0.15, 0.2) is 72.8 Å². The fourth-order valence-electron chi connectivity index (χ4n) is 5.11. The number of carbonyl (C=O) groups excluding carboxylic acids is 1. The van der Waals surface area contributed by atoms with Gasteiger partial charge >= 0.3 is 6.03 Å². The number of hydrogen-bond acceptors (Lipinski definition) is 3. The lowest BCUT2D eigenvalue weighted by atomic mass is 9.74. The molecule has 0 saturated carbocycles. The highest BCUT2D eigenvalue weighted by atomic mass is 16.5. The van der Waals surface area contributed by atoms with Crippen LogP contribution in [0.2, 0.25) is 0 Å². The van der Waals surface area contributed by atoms with Gasteiger partial charge in [-0.2, -0.15) is 0 Å². The van der Waals surface area contributed by atoms with Crippen LogP contribution in [0.4, 0.5) is 16.2 Å². The second kappa shape index (κ2) is 8.91. The molecule has 0 aliphatic carbocycles. The number of para-hydroxylation sites is 1. The Kier molecular flexibility index (Phi) is 5.81. The predicted octanol–water partition coefficient (Wildman–Crippen LogP) is 6.19. The summed E-state index contributed by atoms with van der Waals surface area (Å²) in [5.41, 5.74) is 4.45. The van der Waals surface area contributed by atoms with Crippen molar-refractivity contribution in [1.29, 1.82) is 0 Å². The van der Waals surface area contributed by atoms with Crippen molar-refractivity contribution in [3.63, 3.8) is 0 Å². The number of nitrogens with one attached hydrogen (secondary N) is 1. The molecule has 3 aromatic carbocycles. The second-order valence-corrected chi connectivity index (χ2v) is 9.19. The van der Waals surface area contributed by atoms with Crippen molar-refractivity contribution in [2.75, 3.05) is 36.4 Å². The molecule has 2 amide bonds. The van der Waals surface area contributed by atoms with Gasteiger partial charge in [0.2, 0.25) is 0 Å². The molecular formula is C28H31N3O2. The van der Waals surface area contributed by atoms with E-state index >= 15 is 0 Å². The minimum atomic E-state index is -0.0772. The molecule has 2 aliphatic rings. The van der Waals surface area contributed by atoms with Gasteiger partial charge in [-0.3, -0.25) is 4.90 Å². The molecule has 1 fully saturated rings. The number of aryl methyl sites for hydroxylation is 1. The quantitative estimate of drug-likeness (QED) is 0.525. The SMILES string of the molecule is CCN1CCC2(CC1)CN(C(=O)Nc1ccc(Oc3ccccc3)cc1)c1ccc(C)cc12. The molecule has 1 N–H and O–H groups in total. The molecule has 33 heavy (non-hydrogen) atoms. The van der Waals surface area contributed by atoms with Crippen molar-refractivity contribution < 1.29 is 9.53 Å². The van der Waals surface area contributed by atoms with Crippen LogP contribution >= 0.6 is 0 Å². The molecule has 3 aromatic rings. The van der Waals surface area contributed by atoms with Gasteiger partial charge in [0, 0.05) is 23.3 Å². The maximum Gasteiger partial charge on any atom is 0.326 e. The fraction of sp³-hybridized carbons (Fsp3) is 0.321. The molecule has 1 saturated heterocycles. The van der Waals surface area contributed by atoms with Gasteiger partial charge in [-0.25, -0.2) is 4.79 Å². The van der Waals surface area contributed by atoms with E-state index < -0.39 is 0 Å². The number of fused-ring (bicyclic) bond motifs is 2. The van der Waals surface area contributed by atoms with Crippen LogP contribution in [0.1, 0.15) is 30.9 Å². The summed E-state index contributed by atoms with van der Waals surface area (Å²) < 4.78 is 5.86. The van der Waals surface area contributed by atoms with Crippen LogP contribution in [0, 0.1) is 6.92 Å². The second-order valence-electron chi connectivity index (χ2n) is 9.19. The van der Waals surface area contributed by atoms with Crippen molar-refractivity contribution in [3.8, 4) is 11.5 Å². The number of rotatable bonds is 4. The number of piperidine rings is 1. The zero-order chi connectivity index (χ0) is 22.8.